The van der Waals surface area contributed by atoms with Gasteiger partial charge >= 0.3 is 5.97 Å². The van der Waals surface area contributed by atoms with E-state index in [1.165, 1.54) is 18.2 Å². The number of thioether (sulfide) groups is 1. The molecule has 2 N–H and O–H groups in total. The van der Waals surface area contributed by atoms with Gasteiger partial charge in [0.1, 0.15) is 5.82 Å². The second-order valence-electron chi connectivity index (χ2n) is 7.41. The summed E-state index contributed by atoms with van der Waals surface area (Å²) in [6, 6.07) is 9.52. The van der Waals surface area contributed by atoms with Crippen molar-refractivity contribution in [1.82, 2.24) is 0 Å². The van der Waals surface area contributed by atoms with E-state index < -0.39 is 17.2 Å². The van der Waals surface area contributed by atoms with E-state index in [0.717, 1.165) is 21.3 Å². The molecule has 1 aliphatic carbocycles. The highest BCUT2D eigenvalue weighted by Gasteiger charge is 2.37. The molecule has 154 valence electrons. The summed E-state index contributed by atoms with van der Waals surface area (Å²) in [4.78, 5) is 25.0. The van der Waals surface area contributed by atoms with Crippen molar-refractivity contribution in [2.75, 3.05) is 5.32 Å². The van der Waals surface area contributed by atoms with Gasteiger partial charge in [0.2, 0.25) is 0 Å². The second kappa shape index (κ2) is 9.22. The van der Waals surface area contributed by atoms with Crippen molar-refractivity contribution in [3.8, 4) is 0 Å². The average Bonchev–Trinajstić information content (AvgIpc) is 2.68. The molecule has 0 aliphatic heterocycles. The van der Waals surface area contributed by atoms with Crippen molar-refractivity contribution in [2.45, 2.75) is 42.8 Å². The Balaban J connectivity index is 1.69. The van der Waals surface area contributed by atoms with Crippen LogP contribution in [0.2, 0.25) is 5.02 Å². The number of hydrogen-bond donors (Lipinski definition) is 2. The molecule has 1 aliphatic rings. The molecule has 0 aromatic heterocycles. The second-order valence-corrected chi connectivity index (χ2v) is 10.3. The van der Waals surface area contributed by atoms with Crippen LogP contribution in [-0.4, -0.2) is 22.2 Å². The molecule has 0 unspecified atom stereocenters. The Morgan fingerprint density at radius 1 is 1.24 bits per heavy atom. The summed E-state index contributed by atoms with van der Waals surface area (Å²) in [6.45, 7) is 1.81. The first-order valence-electron chi connectivity index (χ1n) is 9.14. The first kappa shape index (κ1) is 22.4. The molecule has 29 heavy (non-hydrogen) atoms. The fraction of sp³-hybridized carbons (Fsp3) is 0.333. The number of benzene rings is 2. The van der Waals surface area contributed by atoms with Crippen LogP contribution in [0.1, 0.15) is 43.0 Å². The van der Waals surface area contributed by atoms with E-state index in [1.807, 2.05) is 19.1 Å². The fourth-order valence-corrected chi connectivity index (χ4v) is 5.36. The van der Waals surface area contributed by atoms with E-state index in [2.05, 4.69) is 27.9 Å². The van der Waals surface area contributed by atoms with Crippen LogP contribution >= 0.6 is 46.0 Å². The van der Waals surface area contributed by atoms with E-state index in [0.29, 0.717) is 29.3 Å². The van der Waals surface area contributed by atoms with Gasteiger partial charge in [-0.25, -0.2) is 4.39 Å². The number of anilines is 1. The van der Waals surface area contributed by atoms with Gasteiger partial charge in [0.05, 0.1) is 10.4 Å². The quantitative estimate of drug-likeness (QED) is 0.422. The Bertz CT molecular complexity index is 948. The molecular weight excluding hydrogens is 528 g/mol. The van der Waals surface area contributed by atoms with Gasteiger partial charge in [-0.05, 0) is 91.6 Å². The SMILES string of the molecule is CC1(C(=O)O)CCC(Sc2cc(C(=O)Nc3ccc(F)c(Cl)c3)ccc2I)CC1. The minimum absolute atomic E-state index is 0.0488. The third-order valence-electron chi connectivity index (χ3n) is 5.22. The molecule has 0 bridgehead atoms. The van der Waals surface area contributed by atoms with Crippen molar-refractivity contribution in [2.24, 2.45) is 5.41 Å². The van der Waals surface area contributed by atoms with Crippen molar-refractivity contribution in [1.29, 1.82) is 0 Å². The lowest BCUT2D eigenvalue weighted by Crippen LogP contribution is -2.33. The lowest BCUT2D eigenvalue weighted by atomic mass is 9.76. The molecule has 1 fully saturated rings. The van der Waals surface area contributed by atoms with Gasteiger partial charge < -0.3 is 10.4 Å². The number of aliphatic carboxylic acids is 1. The first-order valence-corrected chi connectivity index (χ1v) is 11.5. The van der Waals surface area contributed by atoms with E-state index in [1.54, 1.807) is 17.8 Å². The number of carbonyl (C=O) groups excluding carboxylic acids is 1. The van der Waals surface area contributed by atoms with Gasteiger partial charge in [0, 0.05) is 25.0 Å². The number of halogens is 3. The summed E-state index contributed by atoms with van der Waals surface area (Å²) >= 11 is 9.70. The monoisotopic (exact) mass is 547 g/mol. The minimum atomic E-state index is -0.727. The molecule has 4 nitrogen and oxygen atoms in total. The van der Waals surface area contributed by atoms with Crippen LogP contribution in [-0.2, 0) is 4.79 Å². The maximum atomic E-state index is 13.3. The zero-order valence-electron chi connectivity index (χ0n) is 15.7. The van der Waals surface area contributed by atoms with Crippen LogP contribution < -0.4 is 5.32 Å². The molecule has 0 saturated heterocycles. The van der Waals surface area contributed by atoms with E-state index in [9.17, 15) is 19.1 Å². The fourth-order valence-electron chi connectivity index (χ4n) is 3.25. The Labute approximate surface area is 191 Å². The van der Waals surface area contributed by atoms with E-state index >= 15 is 0 Å². The Hall–Kier alpha value is -1.32. The summed E-state index contributed by atoms with van der Waals surface area (Å²) in [7, 11) is 0. The zero-order valence-corrected chi connectivity index (χ0v) is 19.4. The third kappa shape index (κ3) is 5.44. The molecule has 3 rings (SSSR count). The van der Waals surface area contributed by atoms with Gasteiger partial charge in [-0.3, -0.25) is 9.59 Å². The molecule has 0 radical (unpaired) electrons. The number of carboxylic acid groups (broad SMARTS) is 1. The number of rotatable bonds is 5. The van der Waals surface area contributed by atoms with Crippen LogP contribution in [0.15, 0.2) is 41.3 Å². The highest BCUT2D eigenvalue weighted by molar-refractivity contribution is 14.1. The minimum Gasteiger partial charge on any atom is -0.481 e. The van der Waals surface area contributed by atoms with Crippen molar-refractivity contribution >= 4 is 63.5 Å². The van der Waals surface area contributed by atoms with Crippen molar-refractivity contribution < 1.29 is 19.1 Å². The van der Waals surface area contributed by atoms with Crippen molar-refractivity contribution in [3.63, 3.8) is 0 Å². The summed E-state index contributed by atoms with van der Waals surface area (Å²) in [5.74, 6) is -1.56. The number of carboxylic acids is 1. The lowest BCUT2D eigenvalue weighted by Gasteiger charge is -2.33. The molecular formula is C21H20ClFINO3S. The molecule has 1 amide bonds. The number of carbonyl (C=O) groups is 2. The zero-order chi connectivity index (χ0) is 21.2. The van der Waals surface area contributed by atoms with Crippen molar-refractivity contribution in [3.05, 3.63) is 56.4 Å². The topological polar surface area (TPSA) is 66.4 Å². The molecule has 0 atom stereocenters. The lowest BCUT2D eigenvalue weighted by molar-refractivity contribution is -0.149. The van der Waals surface area contributed by atoms with E-state index in [-0.39, 0.29) is 10.9 Å². The summed E-state index contributed by atoms with van der Waals surface area (Å²) in [5.41, 5.74) is 0.288. The van der Waals surface area contributed by atoms with Crippen LogP contribution in [0, 0.1) is 14.8 Å². The summed E-state index contributed by atoms with van der Waals surface area (Å²) in [6.07, 6.45) is 2.96. The highest BCUT2D eigenvalue weighted by atomic mass is 127. The van der Waals surface area contributed by atoms with Gasteiger partial charge in [0.15, 0.2) is 0 Å². The smallest absolute Gasteiger partial charge is 0.309 e. The largest absolute Gasteiger partial charge is 0.481 e. The summed E-state index contributed by atoms with van der Waals surface area (Å²) < 4.78 is 14.3. The van der Waals surface area contributed by atoms with E-state index in [4.69, 9.17) is 11.6 Å². The van der Waals surface area contributed by atoms with Crippen LogP contribution in [0.25, 0.3) is 0 Å². The molecule has 8 heteroatoms. The average molecular weight is 548 g/mol. The maximum Gasteiger partial charge on any atom is 0.309 e. The van der Waals surface area contributed by atoms with Gasteiger partial charge in [-0.15, -0.1) is 11.8 Å². The van der Waals surface area contributed by atoms with Crippen LogP contribution in [0.3, 0.4) is 0 Å². The van der Waals surface area contributed by atoms with Gasteiger partial charge in [0.25, 0.3) is 5.91 Å². The summed E-state index contributed by atoms with van der Waals surface area (Å²) in [5, 5.41) is 12.4. The number of nitrogens with one attached hydrogen (secondary N) is 1. The van der Waals surface area contributed by atoms with Crippen LogP contribution in [0.5, 0.6) is 0 Å². The predicted molar refractivity (Wildman–Crippen MR) is 122 cm³/mol. The number of hydrogen-bond acceptors (Lipinski definition) is 3. The number of amides is 1. The first-order chi connectivity index (χ1) is 13.7. The van der Waals surface area contributed by atoms with Gasteiger partial charge in [-0.1, -0.05) is 11.6 Å². The Kier molecular flexibility index (Phi) is 7.11. The third-order valence-corrected chi connectivity index (χ3v) is 8.21. The Morgan fingerprint density at radius 2 is 1.93 bits per heavy atom. The molecule has 1 saturated carbocycles. The van der Waals surface area contributed by atoms with Crippen LogP contribution in [0.4, 0.5) is 10.1 Å². The molecule has 0 heterocycles. The maximum absolute atomic E-state index is 13.3. The predicted octanol–water partition coefficient (Wildman–Crippen LogP) is 6.46. The normalized spacial score (nSPS) is 21.6. The molecule has 2 aromatic rings. The molecule has 0 spiro atoms. The molecule has 2 aromatic carbocycles. The Morgan fingerprint density at radius 3 is 2.55 bits per heavy atom. The highest BCUT2D eigenvalue weighted by Crippen LogP contribution is 2.43. The standard InChI is InChI=1S/C21H20ClFINO3S/c1-21(20(27)28)8-6-14(7-9-21)29-18-10-12(2-5-17(18)24)19(26)25-13-3-4-16(23)15(22)11-13/h2-5,10-11,14H,6-9H2,1H3,(H,25,26)(H,27,28). The van der Waals surface area contributed by atoms with Gasteiger partial charge in [-0.2, -0.15) is 0 Å².